The summed E-state index contributed by atoms with van der Waals surface area (Å²) in [5.74, 6) is -0.978. The van der Waals surface area contributed by atoms with E-state index in [1.165, 1.54) is 12.1 Å². The molecule has 0 fully saturated rings. The highest BCUT2D eigenvalue weighted by atomic mass is 19.4. The maximum atomic E-state index is 12.2. The molecule has 0 spiro atoms. The van der Waals surface area contributed by atoms with E-state index < -0.39 is 18.7 Å². The Hall–Kier alpha value is -2.05. The van der Waals surface area contributed by atoms with Crippen LogP contribution < -0.4 is 9.47 Å². The van der Waals surface area contributed by atoms with Gasteiger partial charge >= 0.3 is 13.0 Å². The van der Waals surface area contributed by atoms with Gasteiger partial charge in [-0.25, -0.2) is 0 Å². The van der Waals surface area contributed by atoms with Crippen molar-refractivity contribution in [3.63, 3.8) is 0 Å². The standard InChI is InChI=1S/C12H7F5O2/c13-11(14)18-10-6-8(19-12(15,16)17)5-7-3-1-2-4-9(7)10/h1-6,11H. The van der Waals surface area contributed by atoms with Gasteiger partial charge in [0.15, 0.2) is 0 Å². The predicted molar refractivity (Wildman–Crippen MR) is 57.3 cm³/mol. The minimum absolute atomic E-state index is 0.275. The Bertz CT molecular complexity index is 580. The van der Waals surface area contributed by atoms with Crippen LogP contribution in [0.4, 0.5) is 22.0 Å². The number of halogens is 5. The second-order valence-corrected chi connectivity index (χ2v) is 3.57. The fourth-order valence-corrected chi connectivity index (χ4v) is 1.64. The minimum Gasteiger partial charge on any atom is -0.434 e. The zero-order valence-corrected chi connectivity index (χ0v) is 9.25. The predicted octanol–water partition coefficient (Wildman–Crippen LogP) is 4.34. The van der Waals surface area contributed by atoms with E-state index in [4.69, 9.17) is 0 Å². The van der Waals surface area contributed by atoms with Gasteiger partial charge in [-0.05, 0) is 11.5 Å². The summed E-state index contributed by atoms with van der Waals surface area (Å²) in [7, 11) is 0. The van der Waals surface area contributed by atoms with Crippen LogP contribution in [-0.2, 0) is 0 Å². The molecule has 0 amide bonds. The summed E-state index contributed by atoms with van der Waals surface area (Å²) in [5, 5.41) is 0.581. The lowest BCUT2D eigenvalue weighted by Gasteiger charge is -2.13. The fraction of sp³-hybridized carbons (Fsp3) is 0.167. The van der Waals surface area contributed by atoms with Gasteiger partial charge in [0, 0.05) is 11.5 Å². The number of hydrogen-bond acceptors (Lipinski definition) is 2. The van der Waals surface area contributed by atoms with Crippen LogP contribution in [0.5, 0.6) is 11.5 Å². The Morgan fingerprint density at radius 3 is 2.32 bits per heavy atom. The van der Waals surface area contributed by atoms with Crippen molar-refractivity contribution in [1.82, 2.24) is 0 Å². The first-order chi connectivity index (χ1) is 8.85. The minimum atomic E-state index is -4.90. The number of benzene rings is 2. The zero-order chi connectivity index (χ0) is 14.0. The summed E-state index contributed by atoms with van der Waals surface area (Å²) in [4.78, 5) is 0. The van der Waals surface area contributed by atoms with Crippen molar-refractivity contribution in [1.29, 1.82) is 0 Å². The molecule has 19 heavy (non-hydrogen) atoms. The molecular formula is C12H7F5O2. The molecule has 0 unspecified atom stereocenters. The Balaban J connectivity index is 2.50. The summed E-state index contributed by atoms with van der Waals surface area (Å²) in [6, 6.07) is 7.93. The monoisotopic (exact) mass is 278 g/mol. The van der Waals surface area contributed by atoms with Crippen molar-refractivity contribution in [2.24, 2.45) is 0 Å². The maximum absolute atomic E-state index is 12.2. The summed E-state index contributed by atoms with van der Waals surface area (Å²) < 4.78 is 68.7. The molecule has 2 aromatic carbocycles. The normalized spacial score (nSPS) is 11.9. The third kappa shape index (κ3) is 3.46. The highest BCUT2D eigenvalue weighted by Crippen LogP contribution is 2.34. The van der Waals surface area contributed by atoms with Crippen molar-refractivity contribution in [3.8, 4) is 11.5 Å². The SMILES string of the molecule is FC(F)Oc1cc(OC(F)(F)F)cc2ccccc12. The second kappa shape index (κ2) is 4.91. The molecule has 0 aliphatic heterocycles. The van der Waals surface area contributed by atoms with E-state index in [2.05, 4.69) is 9.47 Å². The summed E-state index contributed by atoms with van der Waals surface area (Å²) in [6.45, 7) is -3.13. The molecule has 0 radical (unpaired) electrons. The maximum Gasteiger partial charge on any atom is 0.573 e. The van der Waals surface area contributed by atoms with Gasteiger partial charge < -0.3 is 9.47 Å². The lowest BCUT2D eigenvalue weighted by molar-refractivity contribution is -0.274. The van der Waals surface area contributed by atoms with Gasteiger partial charge in [0.25, 0.3) is 0 Å². The molecule has 0 aliphatic rings. The average Bonchev–Trinajstić information content (AvgIpc) is 2.25. The molecule has 0 N–H and O–H groups in total. The molecule has 2 nitrogen and oxygen atoms in total. The van der Waals surface area contributed by atoms with Crippen LogP contribution in [-0.4, -0.2) is 13.0 Å². The number of hydrogen-bond donors (Lipinski definition) is 0. The lowest BCUT2D eigenvalue weighted by atomic mass is 10.1. The molecule has 0 saturated heterocycles. The molecule has 0 saturated carbocycles. The van der Waals surface area contributed by atoms with Crippen molar-refractivity contribution in [3.05, 3.63) is 36.4 Å². The smallest absolute Gasteiger partial charge is 0.434 e. The van der Waals surface area contributed by atoms with Crippen molar-refractivity contribution >= 4 is 10.8 Å². The van der Waals surface area contributed by atoms with Gasteiger partial charge in [-0.1, -0.05) is 24.3 Å². The highest BCUT2D eigenvalue weighted by molar-refractivity contribution is 5.89. The van der Waals surface area contributed by atoms with E-state index in [9.17, 15) is 22.0 Å². The van der Waals surface area contributed by atoms with Crippen LogP contribution in [0.2, 0.25) is 0 Å². The second-order valence-electron chi connectivity index (χ2n) is 3.57. The van der Waals surface area contributed by atoms with Crippen molar-refractivity contribution in [2.45, 2.75) is 13.0 Å². The molecule has 0 atom stereocenters. The van der Waals surface area contributed by atoms with E-state index >= 15 is 0 Å². The topological polar surface area (TPSA) is 18.5 Å². The Morgan fingerprint density at radius 2 is 1.68 bits per heavy atom. The van der Waals surface area contributed by atoms with Gasteiger partial charge in [0.05, 0.1) is 0 Å². The summed E-state index contributed by atoms with van der Waals surface area (Å²) in [6.07, 6.45) is -4.90. The van der Waals surface area contributed by atoms with Crippen molar-refractivity contribution < 1.29 is 31.4 Å². The van der Waals surface area contributed by atoms with E-state index in [1.807, 2.05) is 0 Å². The molecule has 0 heterocycles. The van der Waals surface area contributed by atoms with Gasteiger partial charge in [0.2, 0.25) is 0 Å². The largest absolute Gasteiger partial charge is 0.573 e. The Morgan fingerprint density at radius 1 is 1.00 bits per heavy atom. The quantitative estimate of drug-likeness (QED) is 0.777. The zero-order valence-electron chi connectivity index (χ0n) is 9.25. The molecule has 0 bridgehead atoms. The van der Waals surface area contributed by atoms with Crippen LogP contribution in [0.25, 0.3) is 10.8 Å². The van der Waals surface area contributed by atoms with E-state index in [-0.39, 0.29) is 11.1 Å². The van der Waals surface area contributed by atoms with Gasteiger partial charge in [-0.2, -0.15) is 8.78 Å². The lowest BCUT2D eigenvalue weighted by Crippen LogP contribution is -2.17. The molecule has 0 aliphatic carbocycles. The molecule has 7 heteroatoms. The first-order valence-electron chi connectivity index (χ1n) is 5.08. The molecule has 102 valence electrons. The third-order valence-corrected chi connectivity index (χ3v) is 2.25. The molecule has 2 aromatic rings. The molecule has 2 rings (SSSR count). The third-order valence-electron chi connectivity index (χ3n) is 2.25. The van der Waals surface area contributed by atoms with Crippen molar-refractivity contribution in [2.75, 3.05) is 0 Å². The Labute approximate surface area is 104 Å². The van der Waals surface area contributed by atoms with Gasteiger partial charge in [-0.15, -0.1) is 13.2 Å². The van der Waals surface area contributed by atoms with E-state index in [1.54, 1.807) is 12.1 Å². The van der Waals surface area contributed by atoms with Crippen LogP contribution >= 0.6 is 0 Å². The van der Waals surface area contributed by atoms with Crippen LogP contribution in [0.1, 0.15) is 0 Å². The highest BCUT2D eigenvalue weighted by Gasteiger charge is 2.31. The number of ether oxygens (including phenoxy) is 2. The van der Waals surface area contributed by atoms with E-state index in [0.29, 0.717) is 5.39 Å². The number of rotatable bonds is 3. The fourth-order valence-electron chi connectivity index (χ4n) is 1.64. The van der Waals surface area contributed by atoms with Crippen LogP contribution in [0, 0.1) is 0 Å². The van der Waals surface area contributed by atoms with Gasteiger partial charge in [-0.3, -0.25) is 0 Å². The van der Waals surface area contributed by atoms with Gasteiger partial charge in [0.1, 0.15) is 11.5 Å². The number of alkyl halides is 5. The van der Waals surface area contributed by atoms with E-state index in [0.717, 1.165) is 12.1 Å². The summed E-state index contributed by atoms with van der Waals surface area (Å²) in [5.41, 5.74) is 0. The van der Waals surface area contributed by atoms with Crippen LogP contribution in [0.3, 0.4) is 0 Å². The van der Waals surface area contributed by atoms with Crippen LogP contribution in [0.15, 0.2) is 36.4 Å². The average molecular weight is 278 g/mol. The molecular weight excluding hydrogens is 271 g/mol. The first-order valence-corrected chi connectivity index (χ1v) is 5.08. The first kappa shape index (κ1) is 13.4. The Kier molecular flexibility index (Phi) is 3.46. The number of fused-ring (bicyclic) bond motifs is 1. The summed E-state index contributed by atoms with van der Waals surface area (Å²) >= 11 is 0. The molecule has 0 aromatic heterocycles.